The Morgan fingerprint density at radius 3 is 2.76 bits per heavy atom. The summed E-state index contributed by atoms with van der Waals surface area (Å²) in [6.07, 6.45) is 8.88. The van der Waals surface area contributed by atoms with E-state index < -0.39 is 5.91 Å². The molecule has 29 heavy (non-hydrogen) atoms. The number of nitrogen functional groups attached to an aromatic ring is 1. The van der Waals surface area contributed by atoms with Gasteiger partial charge in [-0.3, -0.25) is 10.2 Å². The molecule has 0 saturated carbocycles. The van der Waals surface area contributed by atoms with Gasteiger partial charge in [-0.25, -0.2) is 4.63 Å². The molecule has 1 aliphatic rings. The lowest BCUT2D eigenvalue weighted by Gasteiger charge is -2.10. The van der Waals surface area contributed by atoms with Gasteiger partial charge in [0.25, 0.3) is 5.91 Å². The van der Waals surface area contributed by atoms with Gasteiger partial charge in [0.15, 0.2) is 5.69 Å². The van der Waals surface area contributed by atoms with E-state index >= 15 is 0 Å². The first-order valence-electron chi connectivity index (χ1n) is 9.13. The molecule has 1 aliphatic carbocycles. The van der Waals surface area contributed by atoms with Crippen LogP contribution in [0.1, 0.15) is 35.3 Å². The molecule has 0 atom stereocenters. The van der Waals surface area contributed by atoms with Gasteiger partial charge < -0.3 is 11.2 Å². The molecular formula is C19H20N8O2. The van der Waals surface area contributed by atoms with Crippen molar-refractivity contribution >= 4 is 11.7 Å². The average molecular weight is 392 g/mol. The molecule has 1 amide bonds. The third-order valence-corrected chi connectivity index (χ3v) is 4.55. The number of nitrogens with one attached hydrogen (secondary N) is 2. The molecule has 0 unspecified atom stereocenters. The summed E-state index contributed by atoms with van der Waals surface area (Å²) in [6, 6.07) is 7.60. The lowest BCUT2D eigenvalue weighted by atomic mass is 10.0. The summed E-state index contributed by atoms with van der Waals surface area (Å²) >= 11 is 0. The summed E-state index contributed by atoms with van der Waals surface area (Å²) in [6.45, 7) is 1.98. The zero-order valence-electron chi connectivity index (χ0n) is 15.8. The van der Waals surface area contributed by atoms with Gasteiger partial charge in [0.05, 0.1) is 0 Å². The number of aryl methyl sites for hydroxylation is 1. The molecule has 10 nitrogen and oxygen atoms in total. The van der Waals surface area contributed by atoms with Gasteiger partial charge in [-0.1, -0.05) is 47.2 Å². The molecule has 3 aromatic rings. The quantitative estimate of drug-likeness (QED) is 0.443. The van der Waals surface area contributed by atoms with E-state index in [4.69, 9.17) is 5.73 Å². The van der Waals surface area contributed by atoms with Crippen LogP contribution in [0.25, 0.3) is 17.1 Å². The minimum atomic E-state index is -0.440. The third kappa shape index (κ3) is 3.86. The maximum atomic E-state index is 12.8. The van der Waals surface area contributed by atoms with Gasteiger partial charge >= 0.3 is 0 Å². The van der Waals surface area contributed by atoms with Crippen molar-refractivity contribution in [1.29, 1.82) is 0 Å². The number of hydrazine groups is 1. The first-order chi connectivity index (χ1) is 14.1. The molecule has 4 rings (SSSR count). The molecule has 4 N–H and O–H groups in total. The fourth-order valence-electron chi connectivity index (χ4n) is 3.01. The second-order valence-electron chi connectivity index (χ2n) is 6.65. The minimum Gasteiger partial charge on any atom is -0.378 e. The van der Waals surface area contributed by atoms with Crippen molar-refractivity contribution in [3.63, 3.8) is 0 Å². The van der Waals surface area contributed by atoms with Crippen LogP contribution in [0.5, 0.6) is 0 Å². The van der Waals surface area contributed by atoms with Crippen molar-refractivity contribution in [2.45, 2.75) is 26.2 Å². The van der Waals surface area contributed by atoms with Crippen LogP contribution >= 0.6 is 0 Å². The number of hydrogen-bond acceptors (Lipinski definition) is 8. The van der Waals surface area contributed by atoms with E-state index in [1.54, 1.807) is 6.20 Å². The molecular weight excluding hydrogens is 372 g/mol. The van der Waals surface area contributed by atoms with Crippen LogP contribution in [0.2, 0.25) is 0 Å². The molecule has 0 radical (unpaired) electrons. The Bertz CT molecular complexity index is 1080. The fourth-order valence-corrected chi connectivity index (χ4v) is 3.01. The van der Waals surface area contributed by atoms with E-state index in [9.17, 15) is 4.79 Å². The van der Waals surface area contributed by atoms with Crippen molar-refractivity contribution in [3.05, 3.63) is 59.4 Å². The van der Waals surface area contributed by atoms with Gasteiger partial charge in [-0.2, -0.15) is 4.68 Å². The van der Waals surface area contributed by atoms with Crippen LogP contribution in [0.15, 0.2) is 52.8 Å². The molecule has 1 aromatic carbocycles. The second-order valence-corrected chi connectivity index (χ2v) is 6.65. The summed E-state index contributed by atoms with van der Waals surface area (Å²) in [4.78, 5) is 12.8. The molecule has 2 aromatic heterocycles. The van der Waals surface area contributed by atoms with Crippen LogP contribution in [0.4, 0.5) is 5.82 Å². The Morgan fingerprint density at radius 1 is 1.24 bits per heavy atom. The molecule has 2 heterocycles. The van der Waals surface area contributed by atoms with Crippen LogP contribution in [0.3, 0.4) is 0 Å². The Balaban J connectivity index is 1.65. The lowest BCUT2D eigenvalue weighted by Crippen LogP contribution is -2.34. The predicted octanol–water partition coefficient (Wildman–Crippen LogP) is 2.07. The second kappa shape index (κ2) is 7.97. The number of carbonyl (C=O) groups excluding carboxylic acids is 1. The summed E-state index contributed by atoms with van der Waals surface area (Å²) in [5.41, 5.74) is 14.9. The Hall–Kier alpha value is -3.95. The van der Waals surface area contributed by atoms with Crippen LogP contribution in [-0.4, -0.2) is 31.2 Å². The monoisotopic (exact) mass is 392 g/mol. The Labute approximate surface area is 166 Å². The molecule has 0 aliphatic heterocycles. The number of anilines is 1. The SMILES string of the molecule is Cc1ccc(-c2c(C(=O)NN/C=C3\CC=CCC3)nnn2-c2nonc2N)cc1. The summed E-state index contributed by atoms with van der Waals surface area (Å²) in [5.74, 6) is -0.232. The molecule has 0 fully saturated rings. The van der Waals surface area contributed by atoms with Gasteiger partial charge in [0, 0.05) is 11.8 Å². The average Bonchev–Trinajstić information content (AvgIpc) is 3.35. The molecule has 0 saturated heterocycles. The lowest BCUT2D eigenvalue weighted by molar-refractivity contribution is 0.0936. The van der Waals surface area contributed by atoms with Gasteiger partial charge in [-0.15, -0.1) is 5.10 Å². The Kier molecular flexibility index (Phi) is 5.06. The van der Waals surface area contributed by atoms with E-state index in [-0.39, 0.29) is 17.3 Å². The highest BCUT2D eigenvalue weighted by atomic mass is 16.6. The molecule has 0 bridgehead atoms. The van der Waals surface area contributed by atoms with Crippen molar-refractivity contribution in [2.24, 2.45) is 0 Å². The first kappa shape index (κ1) is 18.4. The van der Waals surface area contributed by atoms with E-state index in [0.29, 0.717) is 5.69 Å². The predicted molar refractivity (Wildman–Crippen MR) is 105 cm³/mol. The third-order valence-electron chi connectivity index (χ3n) is 4.55. The van der Waals surface area contributed by atoms with E-state index in [0.717, 1.165) is 30.4 Å². The Morgan fingerprint density at radius 2 is 2.07 bits per heavy atom. The number of nitrogens with two attached hydrogens (primary N) is 1. The number of hydrogen-bond donors (Lipinski definition) is 3. The highest BCUT2D eigenvalue weighted by Crippen LogP contribution is 2.26. The van der Waals surface area contributed by atoms with Crippen molar-refractivity contribution in [2.75, 3.05) is 5.73 Å². The standard InChI is InChI=1S/C19H20N8O2/c1-12-7-9-14(10-8-12)16-15(22-26-27(16)18-17(20)24-29-25-18)19(28)23-21-11-13-5-3-2-4-6-13/h2-3,7-11,21H,4-6H2,1H3,(H2,20,24)(H,23,28)/b13-11+. The maximum absolute atomic E-state index is 12.8. The number of nitrogens with zero attached hydrogens (tertiary/aromatic N) is 5. The molecule has 0 spiro atoms. The van der Waals surface area contributed by atoms with E-state index in [2.05, 4.69) is 48.3 Å². The number of benzene rings is 1. The van der Waals surface area contributed by atoms with Gasteiger partial charge in [0.2, 0.25) is 11.6 Å². The zero-order valence-corrected chi connectivity index (χ0v) is 15.8. The maximum Gasteiger partial charge on any atom is 0.292 e. The van der Waals surface area contributed by atoms with Crippen molar-refractivity contribution in [1.82, 2.24) is 36.2 Å². The van der Waals surface area contributed by atoms with Gasteiger partial charge in [-0.05, 0) is 42.1 Å². The minimum absolute atomic E-state index is 0.0448. The smallest absolute Gasteiger partial charge is 0.292 e. The number of amides is 1. The largest absolute Gasteiger partial charge is 0.378 e. The van der Waals surface area contributed by atoms with Crippen molar-refractivity contribution in [3.8, 4) is 17.1 Å². The van der Waals surface area contributed by atoms with Gasteiger partial charge in [0.1, 0.15) is 5.69 Å². The number of rotatable bonds is 5. The van der Waals surface area contributed by atoms with E-state index in [1.165, 1.54) is 10.3 Å². The first-order valence-corrected chi connectivity index (χ1v) is 9.13. The summed E-state index contributed by atoms with van der Waals surface area (Å²) < 4.78 is 6.01. The number of allylic oxidation sites excluding steroid dienone is 3. The normalized spacial score (nSPS) is 14.9. The highest BCUT2D eigenvalue weighted by Gasteiger charge is 2.25. The fraction of sp³-hybridized carbons (Fsp3) is 0.211. The highest BCUT2D eigenvalue weighted by molar-refractivity contribution is 5.98. The summed E-state index contributed by atoms with van der Waals surface area (Å²) in [7, 11) is 0. The number of aromatic nitrogens is 5. The number of carbonyl (C=O) groups is 1. The molecule has 10 heteroatoms. The topological polar surface area (TPSA) is 137 Å². The van der Waals surface area contributed by atoms with Crippen LogP contribution < -0.4 is 16.6 Å². The van der Waals surface area contributed by atoms with Crippen LogP contribution in [-0.2, 0) is 0 Å². The molecule has 148 valence electrons. The summed E-state index contributed by atoms with van der Waals surface area (Å²) in [5, 5.41) is 15.4. The van der Waals surface area contributed by atoms with Crippen LogP contribution in [0, 0.1) is 6.92 Å². The zero-order chi connectivity index (χ0) is 20.2. The van der Waals surface area contributed by atoms with Crippen molar-refractivity contribution < 1.29 is 9.42 Å². The van der Waals surface area contributed by atoms with E-state index in [1.807, 2.05) is 31.2 Å².